The van der Waals surface area contributed by atoms with Crippen molar-refractivity contribution in [3.63, 3.8) is 0 Å². The van der Waals surface area contributed by atoms with Gasteiger partial charge in [-0.05, 0) is 30.7 Å². The highest BCUT2D eigenvalue weighted by Gasteiger charge is 2.09. The van der Waals surface area contributed by atoms with Gasteiger partial charge in [0.15, 0.2) is 5.13 Å². The monoisotopic (exact) mass is 390 g/mol. The van der Waals surface area contributed by atoms with Crippen molar-refractivity contribution < 1.29 is 13.2 Å². The number of aromatic nitrogens is 1. The summed E-state index contributed by atoms with van der Waals surface area (Å²) in [4.78, 5) is 16.3. The molecular weight excluding hydrogens is 372 g/mol. The first-order chi connectivity index (χ1) is 12.3. The van der Waals surface area contributed by atoms with Crippen LogP contribution in [0.1, 0.15) is 11.1 Å². The number of carbonyl (C=O) groups excluding carboxylic acids is 1. The van der Waals surface area contributed by atoms with Crippen molar-refractivity contribution in [3.8, 4) is 0 Å². The Balaban J connectivity index is 1.64. The number of nitrogens with one attached hydrogen (secondary N) is 3. The van der Waals surface area contributed by atoms with E-state index in [0.717, 1.165) is 16.5 Å². The van der Waals surface area contributed by atoms with Gasteiger partial charge < -0.3 is 10.6 Å². The van der Waals surface area contributed by atoms with Gasteiger partial charge in [0.1, 0.15) is 0 Å². The zero-order chi connectivity index (χ0) is 18.7. The first kappa shape index (κ1) is 18.2. The van der Waals surface area contributed by atoms with Gasteiger partial charge in [-0.3, -0.25) is 4.72 Å². The summed E-state index contributed by atoms with van der Waals surface area (Å²) >= 11 is 1.20. The smallest absolute Gasteiger partial charge is 0.319 e. The number of benzene rings is 2. The van der Waals surface area contributed by atoms with Crippen LogP contribution in [0.15, 0.2) is 42.5 Å². The molecule has 1 aromatic heterocycles. The van der Waals surface area contributed by atoms with Crippen molar-refractivity contribution in [2.45, 2.75) is 13.5 Å². The molecule has 0 fully saturated rings. The normalized spacial score (nSPS) is 11.3. The summed E-state index contributed by atoms with van der Waals surface area (Å²) in [7, 11) is -3.37. The highest BCUT2D eigenvalue weighted by Crippen LogP contribution is 2.28. The molecule has 1 heterocycles. The van der Waals surface area contributed by atoms with E-state index in [-0.39, 0.29) is 6.03 Å². The van der Waals surface area contributed by atoms with Crippen LogP contribution in [0.2, 0.25) is 0 Å². The molecule has 9 heteroatoms. The Labute approximate surface area is 155 Å². The molecule has 3 N–H and O–H groups in total. The lowest BCUT2D eigenvalue weighted by Gasteiger charge is -2.08. The maximum Gasteiger partial charge on any atom is 0.319 e. The average molecular weight is 390 g/mol. The lowest BCUT2D eigenvalue weighted by Crippen LogP contribution is -2.28. The summed E-state index contributed by atoms with van der Waals surface area (Å²) < 4.78 is 25.7. The topological polar surface area (TPSA) is 100 Å². The predicted molar refractivity (Wildman–Crippen MR) is 105 cm³/mol. The maximum atomic E-state index is 12.1. The Bertz CT molecular complexity index is 1040. The summed E-state index contributed by atoms with van der Waals surface area (Å²) in [6, 6.07) is 12.8. The van der Waals surface area contributed by atoms with Crippen molar-refractivity contribution in [2.24, 2.45) is 0 Å². The molecule has 0 aliphatic rings. The fraction of sp³-hybridized carbons (Fsp3) is 0.176. The fourth-order valence-corrected chi connectivity index (χ4v) is 4.01. The molecule has 136 valence electrons. The number of fused-ring (bicyclic) bond motifs is 1. The van der Waals surface area contributed by atoms with Crippen molar-refractivity contribution in [1.29, 1.82) is 0 Å². The second kappa shape index (κ2) is 7.30. The van der Waals surface area contributed by atoms with Gasteiger partial charge in [-0.1, -0.05) is 41.2 Å². The SMILES string of the molecule is Cc1ccc(CNC(=O)Nc2ccc3nc(NS(C)(=O)=O)sc3c2)cc1. The van der Waals surface area contributed by atoms with Crippen LogP contribution in [0.5, 0.6) is 0 Å². The number of urea groups is 1. The Kier molecular flexibility index (Phi) is 5.10. The van der Waals surface area contributed by atoms with Crippen LogP contribution < -0.4 is 15.4 Å². The largest absolute Gasteiger partial charge is 0.334 e. The average Bonchev–Trinajstić information content (AvgIpc) is 2.93. The van der Waals surface area contributed by atoms with Gasteiger partial charge >= 0.3 is 6.03 Å². The minimum absolute atomic E-state index is 0.295. The number of carbonyl (C=O) groups is 1. The lowest BCUT2D eigenvalue weighted by atomic mass is 10.1. The molecule has 0 saturated heterocycles. The van der Waals surface area contributed by atoms with Crippen LogP contribution in [-0.2, 0) is 16.6 Å². The molecule has 0 bridgehead atoms. The molecule has 3 aromatic rings. The van der Waals surface area contributed by atoms with Gasteiger partial charge in [-0.2, -0.15) is 0 Å². The number of anilines is 2. The zero-order valence-corrected chi connectivity index (χ0v) is 15.9. The Morgan fingerprint density at radius 3 is 2.58 bits per heavy atom. The zero-order valence-electron chi connectivity index (χ0n) is 14.2. The quantitative estimate of drug-likeness (QED) is 0.622. The molecule has 0 saturated carbocycles. The number of sulfonamides is 1. The van der Waals surface area contributed by atoms with Gasteiger partial charge in [0.05, 0.1) is 16.5 Å². The summed E-state index contributed by atoms with van der Waals surface area (Å²) in [6.07, 6.45) is 1.07. The van der Waals surface area contributed by atoms with Gasteiger partial charge in [-0.15, -0.1) is 0 Å². The summed E-state index contributed by atoms with van der Waals surface area (Å²) in [5.74, 6) is 0. The highest BCUT2D eigenvalue weighted by molar-refractivity contribution is 7.92. The highest BCUT2D eigenvalue weighted by atomic mass is 32.2. The number of thiazole rings is 1. The number of hydrogen-bond acceptors (Lipinski definition) is 5. The predicted octanol–water partition coefficient (Wildman–Crippen LogP) is 3.30. The molecule has 0 unspecified atom stereocenters. The van der Waals surface area contributed by atoms with Crippen LogP contribution in [0.3, 0.4) is 0 Å². The molecule has 2 amide bonds. The second-order valence-electron chi connectivity index (χ2n) is 5.87. The van der Waals surface area contributed by atoms with Crippen LogP contribution >= 0.6 is 11.3 Å². The second-order valence-corrected chi connectivity index (χ2v) is 8.65. The minimum Gasteiger partial charge on any atom is -0.334 e. The Morgan fingerprint density at radius 2 is 1.88 bits per heavy atom. The van der Waals surface area contributed by atoms with Gasteiger partial charge in [0.2, 0.25) is 10.0 Å². The van der Waals surface area contributed by atoms with Crippen molar-refractivity contribution in [2.75, 3.05) is 16.3 Å². The van der Waals surface area contributed by atoms with Gasteiger partial charge in [0, 0.05) is 12.2 Å². The van der Waals surface area contributed by atoms with E-state index in [9.17, 15) is 13.2 Å². The molecule has 7 nitrogen and oxygen atoms in total. The molecule has 0 aliphatic carbocycles. The summed E-state index contributed by atoms with van der Waals surface area (Å²) in [6.45, 7) is 2.44. The third-order valence-electron chi connectivity index (χ3n) is 3.49. The van der Waals surface area contributed by atoms with Crippen LogP contribution in [0.4, 0.5) is 15.6 Å². The molecule has 26 heavy (non-hydrogen) atoms. The van der Waals surface area contributed by atoms with E-state index < -0.39 is 10.0 Å². The van der Waals surface area contributed by atoms with Crippen molar-refractivity contribution in [1.82, 2.24) is 10.3 Å². The van der Waals surface area contributed by atoms with Gasteiger partial charge in [0.25, 0.3) is 0 Å². The van der Waals surface area contributed by atoms with Crippen molar-refractivity contribution in [3.05, 3.63) is 53.6 Å². The van der Waals surface area contributed by atoms with E-state index in [1.54, 1.807) is 18.2 Å². The number of aryl methyl sites for hydroxylation is 1. The van der Waals surface area contributed by atoms with E-state index in [1.807, 2.05) is 31.2 Å². The molecule has 2 aromatic carbocycles. The molecular formula is C17H18N4O3S2. The number of nitrogens with zero attached hydrogens (tertiary/aromatic N) is 1. The lowest BCUT2D eigenvalue weighted by molar-refractivity contribution is 0.251. The maximum absolute atomic E-state index is 12.1. The van der Waals surface area contributed by atoms with E-state index in [0.29, 0.717) is 22.9 Å². The van der Waals surface area contributed by atoms with Crippen LogP contribution in [0, 0.1) is 6.92 Å². The van der Waals surface area contributed by atoms with E-state index in [1.165, 1.54) is 16.9 Å². The van der Waals surface area contributed by atoms with Gasteiger partial charge in [-0.25, -0.2) is 18.2 Å². The molecule has 3 rings (SSSR count). The van der Waals surface area contributed by atoms with Crippen LogP contribution in [-0.4, -0.2) is 25.7 Å². The minimum atomic E-state index is -3.37. The molecule has 0 spiro atoms. The summed E-state index contributed by atoms with van der Waals surface area (Å²) in [5.41, 5.74) is 3.45. The molecule has 0 atom stereocenters. The summed E-state index contributed by atoms with van der Waals surface area (Å²) in [5, 5.41) is 5.86. The number of rotatable bonds is 5. The van der Waals surface area contributed by atoms with Crippen LogP contribution in [0.25, 0.3) is 10.2 Å². The Hall–Kier alpha value is -2.65. The molecule has 0 radical (unpaired) electrons. The van der Waals surface area contributed by atoms with E-state index >= 15 is 0 Å². The fourth-order valence-electron chi connectivity index (χ4n) is 2.27. The molecule has 0 aliphatic heterocycles. The van der Waals surface area contributed by atoms with E-state index in [2.05, 4.69) is 20.3 Å². The standard InChI is InChI=1S/C17H18N4O3S2/c1-11-3-5-12(6-4-11)10-18-16(22)19-13-7-8-14-15(9-13)25-17(20-14)21-26(2,23)24/h3-9H,10H2,1-2H3,(H,20,21)(H2,18,19,22). The Morgan fingerprint density at radius 1 is 1.15 bits per heavy atom. The third-order valence-corrected chi connectivity index (χ3v) is 5.12. The first-order valence-electron chi connectivity index (χ1n) is 7.77. The van der Waals surface area contributed by atoms with E-state index in [4.69, 9.17) is 0 Å². The third kappa shape index (κ3) is 4.93. The number of amides is 2. The first-order valence-corrected chi connectivity index (χ1v) is 10.5. The number of hydrogen-bond donors (Lipinski definition) is 3. The van der Waals surface area contributed by atoms with Crippen molar-refractivity contribution >= 4 is 48.4 Å².